The van der Waals surface area contributed by atoms with Crippen molar-refractivity contribution in [2.24, 2.45) is 12.8 Å². The third kappa shape index (κ3) is 3.28. The topological polar surface area (TPSA) is 47.1 Å². The van der Waals surface area contributed by atoms with Crippen LogP contribution >= 0.6 is 12.2 Å². The van der Waals surface area contributed by atoms with Crippen LogP contribution in [0, 0.1) is 0 Å². The summed E-state index contributed by atoms with van der Waals surface area (Å²) < 4.78 is 2.03. The molecular formula is C10H18N4S. The Hall–Kier alpha value is -0.940. The molecule has 4 nitrogen and oxygen atoms in total. The van der Waals surface area contributed by atoms with Crippen LogP contribution in [0.2, 0.25) is 0 Å². The summed E-state index contributed by atoms with van der Waals surface area (Å²) in [6.07, 6.45) is 4.67. The second kappa shape index (κ2) is 5.23. The standard InChI is InChI=1S/C10H18N4S/c1-8(10(11)15)13(2)6-4-9-12-5-7-14(9)3/h5,7-8H,4,6H2,1-3H3,(H2,11,15). The number of hydrogen-bond acceptors (Lipinski definition) is 3. The normalized spacial score (nSPS) is 13.1. The van der Waals surface area contributed by atoms with Crippen molar-refractivity contribution in [1.82, 2.24) is 14.5 Å². The van der Waals surface area contributed by atoms with Gasteiger partial charge in [-0.25, -0.2) is 4.98 Å². The quantitative estimate of drug-likeness (QED) is 0.746. The van der Waals surface area contributed by atoms with Crippen LogP contribution in [-0.2, 0) is 13.5 Å². The number of likely N-dealkylation sites (N-methyl/N-ethyl adjacent to an activating group) is 1. The van der Waals surface area contributed by atoms with E-state index in [-0.39, 0.29) is 6.04 Å². The van der Waals surface area contributed by atoms with E-state index in [0.29, 0.717) is 4.99 Å². The van der Waals surface area contributed by atoms with Crippen LogP contribution in [0.15, 0.2) is 12.4 Å². The van der Waals surface area contributed by atoms with Gasteiger partial charge < -0.3 is 10.3 Å². The van der Waals surface area contributed by atoms with Gasteiger partial charge in [-0.05, 0) is 14.0 Å². The van der Waals surface area contributed by atoms with Gasteiger partial charge in [-0.3, -0.25) is 4.90 Å². The van der Waals surface area contributed by atoms with Crippen molar-refractivity contribution in [1.29, 1.82) is 0 Å². The van der Waals surface area contributed by atoms with Crippen molar-refractivity contribution in [3.05, 3.63) is 18.2 Å². The Balaban J connectivity index is 2.44. The summed E-state index contributed by atoms with van der Waals surface area (Å²) in [7, 11) is 4.02. The number of aryl methyl sites for hydroxylation is 1. The third-order valence-electron chi connectivity index (χ3n) is 2.68. The zero-order chi connectivity index (χ0) is 11.4. The molecule has 0 aliphatic rings. The van der Waals surface area contributed by atoms with E-state index < -0.39 is 0 Å². The van der Waals surface area contributed by atoms with Crippen molar-refractivity contribution in [3.63, 3.8) is 0 Å². The Morgan fingerprint density at radius 2 is 2.40 bits per heavy atom. The Morgan fingerprint density at radius 3 is 2.87 bits per heavy atom. The van der Waals surface area contributed by atoms with Gasteiger partial charge in [0.1, 0.15) is 5.82 Å². The van der Waals surface area contributed by atoms with E-state index in [1.165, 1.54) is 0 Å². The van der Waals surface area contributed by atoms with E-state index in [9.17, 15) is 0 Å². The summed E-state index contributed by atoms with van der Waals surface area (Å²) in [5, 5.41) is 0. The fraction of sp³-hybridized carbons (Fsp3) is 0.600. The monoisotopic (exact) mass is 226 g/mol. The molecular weight excluding hydrogens is 208 g/mol. The molecule has 1 aromatic heterocycles. The van der Waals surface area contributed by atoms with E-state index in [1.807, 2.05) is 38.0 Å². The molecule has 84 valence electrons. The first-order valence-electron chi connectivity index (χ1n) is 4.98. The Kier molecular flexibility index (Phi) is 4.23. The zero-order valence-electron chi connectivity index (χ0n) is 9.47. The predicted octanol–water partition coefficient (Wildman–Crippen LogP) is 0.569. The summed E-state index contributed by atoms with van der Waals surface area (Å²) in [5.74, 6) is 1.08. The first-order valence-corrected chi connectivity index (χ1v) is 5.39. The van der Waals surface area contributed by atoms with Crippen LogP contribution in [0.4, 0.5) is 0 Å². The van der Waals surface area contributed by atoms with Crippen molar-refractivity contribution in [2.45, 2.75) is 19.4 Å². The van der Waals surface area contributed by atoms with Crippen LogP contribution in [0.5, 0.6) is 0 Å². The highest BCUT2D eigenvalue weighted by Gasteiger charge is 2.11. The van der Waals surface area contributed by atoms with Gasteiger partial charge in [0.15, 0.2) is 0 Å². The van der Waals surface area contributed by atoms with Gasteiger partial charge in [0.25, 0.3) is 0 Å². The lowest BCUT2D eigenvalue weighted by Gasteiger charge is -2.23. The maximum atomic E-state index is 5.58. The lowest BCUT2D eigenvalue weighted by Crippen LogP contribution is -2.40. The minimum atomic E-state index is 0.139. The van der Waals surface area contributed by atoms with E-state index in [1.54, 1.807) is 0 Å². The Labute approximate surface area is 96.1 Å². The molecule has 0 saturated carbocycles. The molecule has 0 aliphatic carbocycles. The molecule has 0 radical (unpaired) electrons. The summed E-state index contributed by atoms with van der Waals surface area (Å²) in [6, 6.07) is 0.139. The van der Waals surface area contributed by atoms with E-state index in [4.69, 9.17) is 18.0 Å². The summed E-state index contributed by atoms with van der Waals surface area (Å²) in [4.78, 5) is 6.94. The lowest BCUT2D eigenvalue weighted by molar-refractivity contribution is 0.313. The highest BCUT2D eigenvalue weighted by atomic mass is 32.1. The van der Waals surface area contributed by atoms with E-state index in [2.05, 4.69) is 9.88 Å². The number of thiocarbonyl (C=S) groups is 1. The number of rotatable bonds is 5. The molecule has 15 heavy (non-hydrogen) atoms. The molecule has 0 fully saturated rings. The first-order chi connectivity index (χ1) is 7.02. The third-order valence-corrected chi connectivity index (χ3v) is 3.02. The van der Waals surface area contributed by atoms with Crippen molar-refractivity contribution < 1.29 is 0 Å². The molecule has 1 unspecified atom stereocenters. The molecule has 0 spiro atoms. The first kappa shape index (κ1) is 12.1. The van der Waals surface area contributed by atoms with Crippen LogP contribution in [0.1, 0.15) is 12.7 Å². The molecule has 0 saturated heterocycles. The summed E-state index contributed by atoms with van der Waals surface area (Å²) in [6.45, 7) is 2.92. The average molecular weight is 226 g/mol. The van der Waals surface area contributed by atoms with Gasteiger partial charge in [-0.15, -0.1) is 0 Å². The number of imidazole rings is 1. The second-order valence-corrected chi connectivity index (χ2v) is 4.23. The lowest BCUT2D eigenvalue weighted by atomic mass is 10.2. The van der Waals surface area contributed by atoms with E-state index >= 15 is 0 Å². The average Bonchev–Trinajstić information content (AvgIpc) is 2.59. The maximum Gasteiger partial charge on any atom is 0.109 e. The van der Waals surface area contributed by atoms with Gasteiger partial charge in [-0.1, -0.05) is 12.2 Å². The molecule has 0 bridgehead atoms. The van der Waals surface area contributed by atoms with E-state index in [0.717, 1.165) is 18.8 Å². The Bertz CT molecular complexity index is 334. The Morgan fingerprint density at radius 1 is 1.73 bits per heavy atom. The van der Waals surface area contributed by atoms with Crippen LogP contribution < -0.4 is 5.73 Å². The molecule has 0 aliphatic heterocycles. The molecule has 0 amide bonds. The SMILES string of the molecule is CC(C(N)=S)N(C)CCc1nccn1C. The minimum absolute atomic E-state index is 0.139. The second-order valence-electron chi connectivity index (χ2n) is 3.76. The highest BCUT2D eigenvalue weighted by molar-refractivity contribution is 7.80. The van der Waals surface area contributed by atoms with Crippen LogP contribution in [0.25, 0.3) is 0 Å². The van der Waals surface area contributed by atoms with Gasteiger partial charge in [0.05, 0.1) is 11.0 Å². The van der Waals surface area contributed by atoms with Crippen LogP contribution in [-0.4, -0.2) is 39.1 Å². The fourth-order valence-corrected chi connectivity index (χ4v) is 1.50. The number of nitrogens with zero attached hydrogens (tertiary/aromatic N) is 3. The summed E-state index contributed by atoms with van der Waals surface area (Å²) >= 11 is 4.95. The van der Waals surface area contributed by atoms with Crippen molar-refractivity contribution in [2.75, 3.05) is 13.6 Å². The van der Waals surface area contributed by atoms with Gasteiger partial charge in [0, 0.05) is 32.4 Å². The zero-order valence-corrected chi connectivity index (χ0v) is 10.3. The predicted molar refractivity (Wildman–Crippen MR) is 65.8 cm³/mol. The molecule has 1 heterocycles. The maximum absolute atomic E-state index is 5.58. The minimum Gasteiger partial charge on any atom is -0.392 e. The summed E-state index contributed by atoms with van der Waals surface area (Å²) in [5.41, 5.74) is 5.58. The number of hydrogen-bond donors (Lipinski definition) is 1. The smallest absolute Gasteiger partial charge is 0.109 e. The fourth-order valence-electron chi connectivity index (χ4n) is 1.32. The molecule has 1 aromatic rings. The van der Waals surface area contributed by atoms with Crippen molar-refractivity contribution in [3.8, 4) is 0 Å². The molecule has 5 heteroatoms. The largest absolute Gasteiger partial charge is 0.392 e. The highest BCUT2D eigenvalue weighted by Crippen LogP contribution is 2.00. The molecule has 1 rings (SSSR count). The van der Waals surface area contributed by atoms with Crippen LogP contribution in [0.3, 0.4) is 0 Å². The molecule has 0 aromatic carbocycles. The van der Waals surface area contributed by atoms with Gasteiger partial charge >= 0.3 is 0 Å². The van der Waals surface area contributed by atoms with Crippen molar-refractivity contribution >= 4 is 17.2 Å². The molecule has 2 N–H and O–H groups in total. The number of nitrogens with two attached hydrogens (primary N) is 1. The number of aromatic nitrogens is 2. The van der Waals surface area contributed by atoms with Gasteiger partial charge in [-0.2, -0.15) is 0 Å². The molecule has 1 atom stereocenters. The van der Waals surface area contributed by atoms with Gasteiger partial charge in [0.2, 0.25) is 0 Å².